The van der Waals surface area contributed by atoms with Crippen molar-refractivity contribution < 1.29 is 5.11 Å². The number of halogens is 2. The Labute approximate surface area is 122 Å². The quantitative estimate of drug-likeness (QED) is 0.828. The smallest absolute Gasteiger partial charge is 0.0701 e. The zero-order valence-corrected chi connectivity index (χ0v) is 13.1. The van der Waals surface area contributed by atoms with Gasteiger partial charge in [-0.2, -0.15) is 0 Å². The van der Waals surface area contributed by atoms with E-state index in [1.54, 1.807) is 11.3 Å². The molecule has 1 aromatic carbocycles. The average Bonchev–Trinajstić information content (AvgIpc) is 2.73. The molecule has 1 heterocycles. The third-order valence-corrected chi connectivity index (χ3v) is 5.01. The minimum Gasteiger partial charge on any atom is -0.396 e. The zero-order chi connectivity index (χ0) is 12.3. The van der Waals surface area contributed by atoms with E-state index >= 15 is 0 Å². The Morgan fingerprint density at radius 3 is 2.47 bits per heavy atom. The van der Waals surface area contributed by atoms with E-state index in [2.05, 4.69) is 50.1 Å². The van der Waals surface area contributed by atoms with Gasteiger partial charge < -0.3 is 5.11 Å². The monoisotopic (exact) mass is 374 g/mol. The van der Waals surface area contributed by atoms with Crippen molar-refractivity contribution in [2.24, 2.45) is 0 Å². The van der Waals surface area contributed by atoms with Gasteiger partial charge in [-0.25, -0.2) is 0 Å². The van der Waals surface area contributed by atoms with Crippen LogP contribution in [0.15, 0.2) is 44.7 Å². The standard InChI is InChI=1S/C13H12Br2OS/c14-12-4-2-1-3-11(12)9(8-16)7-10-5-6-13(15)17-10/h1-6,9,16H,7-8H2. The van der Waals surface area contributed by atoms with Gasteiger partial charge in [-0.1, -0.05) is 34.1 Å². The van der Waals surface area contributed by atoms with E-state index in [0.717, 1.165) is 14.7 Å². The largest absolute Gasteiger partial charge is 0.396 e. The summed E-state index contributed by atoms with van der Waals surface area (Å²) in [6.07, 6.45) is 0.870. The van der Waals surface area contributed by atoms with E-state index in [9.17, 15) is 5.11 Å². The highest BCUT2D eigenvalue weighted by atomic mass is 79.9. The van der Waals surface area contributed by atoms with Crippen molar-refractivity contribution in [2.75, 3.05) is 6.61 Å². The number of hydrogen-bond acceptors (Lipinski definition) is 2. The average molecular weight is 376 g/mol. The van der Waals surface area contributed by atoms with Crippen molar-refractivity contribution >= 4 is 43.2 Å². The van der Waals surface area contributed by atoms with Gasteiger partial charge in [-0.3, -0.25) is 0 Å². The number of hydrogen-bond donors (Lipinski definition) is 1. The Bertz CT molecular complexity index is 496. The molecule has 4 heteroatoms. The minimum atomic E-state index is 0.149. The van der Waals surface area contributed by atoms with Gasteiger partial charge >= 0.3 is 0 Å². The van der Waals surface area contributed by atoms with Gasteiger partial charge in [0.1, 0.15) is 0 Å². The van der Waals surface area contributed by atoms with Crippen LogP contribution >= 0.6 is 43.2 Å². The molecule has 1 aromatic heterocycles. The van der Waals surface area contributed by atoms with Crippen LogP contribution in [0.25, 0.3) is 0 Å². The van der Waals surface area contributed by atoms with Crippen molar-refractivity contribution in [3.63, 3.8) is 0 Å². The van der Waals surface area contributed by atoms with Crippen LogP contribution in [-0.4, -0.2) is 11.7 Å². The van der Waals surface area contributed by atoms with E-state index in [1.165, 1.54) is 10.4 Å². The second kappa shape index (κ2) is 6.14. The lowest BCUT2D eigenvalue weighted by Crippen LogP contribution is -2.07. The Hall–Kier alpha value is -0.160. The number of rotatable bonds is 4. The van der Waals surface area contributed by atoms with Crippen molar-refractivity contribution in [1.29, 1.82) is 0 Å². The van der Waals surface area contributed by atoms with Crippen LogP contribution in [0.5, 0.6) is 0 Å². The van der Waals surface area contributed by atoms with Crippen molar-refractivity contribution in [3.8, 4) is 0 Å². The normalized spacial score (nSPS) is 12.6. The molecule has 0 fully saturated rings. The van der Waals surface area contributed by atoms with Crippen LogP contribution in [0, 0.1) is 0 Å². The number of thiophene rings is 1. The van der Waals surface area contributed by atoms with E-state index in [-0.39, 0.29) is 12.5 Å². The van der Waals surface area contributed by atoms with Gasteiger partial charge in [0, 0.05) is 15.3 Å². The number of benzene rings is 1. The van der Waals surface area contributed by atoms with Gasteiger partial charge in [-0.15, -0.1) is 11.3 Å². The first kappa shape index (κ1) is 13.3. The van der Waals surface area contributed by atoms with Gasteiger partial charge in [0.05, 0.1) is 10.4 Å². The van der Waals surface area contributed by atoms with Gasteiger partial charge in [-0.05, 0) is 46.1 Å². The first-order valence-corrected chi connectivity index (χ1v) is 7.70. The molecule has 0 aliphatic heterocycles. The van der Waals surface area contributed by atoms with Gasteiger partial charge in [0.2, 0.25) is 0 Å². The molecule has 90 valence electrons. The summed E-state index contributed by atoms with van der Waals surface area (Å²) in [4.78, 5) is 1.28. The van der Waals surface area contributed by atoms with Gasteiger partial charge in [0.25, 0.3) is 0 Å². The molecule has 0 aliphatic rings. The van der Waals surface area contributed by atoms with Crippen molar-refractivity contribution in [1.82, 2.24) is 0 Å². The third kappa shape index (κ3) is 3.41. The highest BCUT2D eigenvalue weighted by molar-refractivity contribution is 9.11. The molecule has 1 N–H and O–H groups in total. The number of aliphatic hydroxyl groups excluding tert-OH is 1. The molecule has 2 rings (SSSR count). The van der Waals surface area contributed by atoms with Crippen molar-refractivity contribution in [3.05, 3.63) is 55.1 Å². The van der Waals surface area contributed by atoms with E-state index in [1.807, 2.05) is 18.2 Å². The molecule has 17 heavy (non-hydrogen) atoms. The summed E-state index contributed by atoms with van der Waals surface area (Å²) in [7, 11) is 0. The molecular formula is C13H12Br2OS. The summed E-state index contributed by atoms with van der Waals surface area (Å²) < 4.78 is 2.20. The Morgan fingerprint density at radius 1 is 1.12 bits per heavy atom. The molecular weight excluding hydrogens is 364 g/mol. The zero-order valence-electron chi connectivity index (χ0n) is 9.07. The fraction of sp³-hybridized carbons (Fsp3) is 0.231. The Kier molecular flexibility index (Phi) is 4.79. The van der Waals surface area contributed by atoms with Crippen LogP contribution < -0.4 is 0 Å². The molecule has 0 bridgehead atoms. The summed E-state index contributed by atoms with van der Waals surface area (Å²) in [5.74, 6) is 0.149. The van der Waals surface area contributed by atoms with Crippen LogP contribution in [0.3, 0.4) is 0 Å². The van der Waals surface area contributed by atoms with E-state index < -0.39 is 0 Å². The van der Waals surface area contributed by atoms with Crippen LogP contribution in [-0.2, 0) is 6.42 Å². The molecule has 1 atom stereocenters. The van der Waals surface area contributed by atoms with E-state index in [4.69, 9.17) is 0 Å². The lowest BCUT2D eigenvalue weighted by molar-refractivity contribution is 0.264. The van der Waals surface area contributed by atoms with Crippen LogP contribution in [0.1, 0.15) is 16.4 Å². The maximum Gasteiger partial charge on any atom is 0.0701 e. The summed E-state index contributed by atoms with van der Waals surface area (Å²) in [6, 6.07) is 12.2. The van der Waals surface area contributed by atoms with Crippen LogP contribution in [0.2, 0.25) is 0 Å². The predicted molar refractivity (Wildman–Crippen MR) is 79.7 cm³/mol. The predicted octanol–water partition coefficient (Wildman–Crippen LogP) is 4.59. The second-order valence-corrected chi connectivity index (χ2v) is 7.21. The molecule has 0 spiro atoms. The van der Waals surface area contributed by atoms with Gasteiger partial charge in [0.15, 0.2) is 0 Å². The molecule has 2 aromatic rings. The maximum absolute atomic E-state index is 9.54. The summed E-state index contributed by atoms with van der Waals surface area (Å²) in [5.41, 5.74) is 1.17. The first-order valence-electron chi connectivity index (χ1n) is 5.30. The highest BCUT2D eigenvalue weighted by Crippen LogP contribution is 2.31. The topological polar surface area (TPSA) is 20.2 Å². The highest BCUT2D eigenvalue weighted by Gasteiger charge is 2.14. The molecule has 0 radical (unpaired) electrons. The van der Waals surface area contributed by atoms with Crippen LogP contribution in [0.4, 0.5) is 0 Å². The fourth-order valence-electron chi connectivity index (χ4n) is 1.78. The Morgan fingerprint density at radius 2 is 1.88 bits per heavy atom. The SMILES string of the molecule is OCC(Cc1ccc(Br)s1)c1ccccc1Br. The lowest BCUT2D eigenvalue weighted by atomic mass is 9.96. The maximum atomic E-state index is 9.54. The lowest BCUT2D eigenvalue weighted by Gasteiger charge is -2.15. The molecule has 1 unspecified atom stereocenters. The fourth-order valence-corrected chi connectivity index (χ4v) is 3.95. The number of aliphatic hydroxyl groups is 1. The summed E-state index contributed by atoms with van der Waals surface area (Å²) in [5, 5.41) is 9.54. The molecule has 0 saturated carbocycles. The molecule has 0 saturated heterocycles. The minimum absolute atomic E-state index is 0.149. The van der Waals surface area contributed by atoms with Crippen molar-refractivity contribution in [2.45, 2.75) is 12.3 Å². The molecule has 1 nitrogen and oxygen atoms in total. The van der Waals surface area contributed by atoms with E-state index in [0.29, 0.717) is 0 Å². The third-order valence-electron chi connectivity index (χ3n) is 2.64. The Balaban J connectivity index is 2.20. The molecule has 0 aliphatic carbocycles. The second-order valence-electron chi connectivity index (χ2n) is 3.81. The first-order chi connectivity index (χ1) is 8.20. The summed E-state index contributed by atoms with van der Waals surface area (Å²) >= 11 is 8.72. The molecule has 0 amide bonds. The summed E-state index contributed by atoms with van der Waals surface area (Å²) in [6.45, 7) is 0.165.